The monoisotopic (exact) mass is 276 g/mol. The van der Waals surface area contributed by atoms with Gasteiger partial charge in [0.15, 0.2) is 5.84 Å². The Bertz CT molecular complexity index is 501. The number of carbonyl (C=O) groups is 1. The second-order valence-electron chi connectivity index (χ2n) is 5.31. The molecule has 1 heterocycles. The van der Waals surface area contributed by atoms with Gasteiger partial charge < -0.3 is 16.3 Å². The number of amides is 1. The van der Waals surface area contributed by atoms with Crippen LogP contribution >= 0.6 is 0 Å². The Kier molecular flexibility index (Phi) is 4.22. The van der Waals surface area contributed by atoms with Gasteiger partial charge in [-0.1, -0.05) is 18.5 Å². The normalized spacial score (nSPS) is 17.4. The van der Waals surface area contributed by atoms with E-state index in [4.69, 9.17) is 10.9 Å². The Hall–Kier alpha value is -2.11. The molecule has 1 aliphatic carbocycles. The van der Waals surface area contributed by atoms with Crippen molar-refractivity contribution in [3.05, 3.63) is 29.6 Å². The Morgan fingerprint density at radius 3 is 2.75 bits per heavy atom. The predicted octanol–water partition coefficient (Wildman–Crippen LogP) is 1.49. The van der Waals surface area contributed by atoms with Crippen molar-refractivity contribution in [3.63, 3.8) is 0 Å². The van der Waals surface area contributed by atoms with Gasteiger partial charge in [0.05, 0.1) is 0 Å². The SMILES string of the molecule is CCC1(CNC(=O)c2ccc(/C(N)=N/O)cn2)CCC1. The number of nitrogens with two attached hydrogens (primary N) is 1. The molecule has 1 saturated carbocycles. The molecule has 0 unspecified atom stereocenters. The minimum Gasteiger partial charge on any atom is -0.409 e. The Labute approximate surface area is 118 Å². The highest BCUT2D eigenvalue weighted by molar-refractivity contribution is 5.98. The van der Waals surface area contributed by atoms with Gasteiger partial charge in [0, 0.05) is 18.3 Å². The molecule has 1 aromatic rings. The maximum Gasteiger partial charge on any atom is 0.269 e. The van der Waals surface area contributed by atoms with E-state index < -0.39 is 0 Å². The highest BCUT2D eigenvalue weighted by Gasteiger charge is 2.35. The van der Waals surface area contributed by atoms with Crippen LogP contribution in [0.5, 0.6) is 0 Å². The lowest BCUT2D eigenvalue weighted by Crippen LogP contribution is -2.41. The van der Waals surface area contributed by atoms with Crippen LogP contribution in [0.3, 0.4) is 0 Å². The third kappa shape index (κ3) is 2.89. The highest BCUT2D eigenvalue weighted by Crippen LogP contribution is 2.43. The first kappa shape index (κ1) is 14.3. The predicted molar refractivity (Wildman–Crippen MR) is 75.7 cm³/mol. The van der Waals surface area contributed by atoms with Gasteiger partial charge in [0.25, 0.3) is 5.91 Å². The lowest BCUT2D eigenvalue weighted by atomic mass is 9.67. The van der Waals surface area contributed by atoms with Gasteiger partial charge in [0.1, 0.15) is 5.69 Å². The third-order valence-electron chi connectivity index (χ3n) is 4.19. The molecule has 1 amide bonds. The first-order valence-electron chi connectivity index (χ1n) is 6.82. The summed E-state index contributed by atoms with van der Waals surface area (Å²) < 4.78 is 0. The highest BCUT2D eigenvalue weighted by atomic mass is 16.4. The molecule has 0 saturated heterocycles. The molecule has 0 aromatic carbocycles. The van der Waals surface area contributed by atoms with Gasteiger partial charge in [0.2, 0.25) is 0 Å². The first-order valence-corrected chi connectivity index (χ1v) is 6.82. The van der Waals surface area contributed by atoms with Gasteiger partial charge in [-0.25, -0.2) is 0 Å². The van der Waals surface area contributed by atoms with Crippen molar-refractivity contribution in [2.45, 2.75) is 32.6 Å². The number of rotatable bonds is 5. The van der Waals surface area contributed by atoms with Gasteiger partial charge in [-0.15, -0.1) is 0 Å². The summed E-state index contributed by atoms with van der Waals surface area (Å²) in [6, 6.07) is 3.18. The molecule has 20 heavy (non-hydrogen) atoms. The second-order valence-corrected chi connectivity index (χ2v) is 5.31. The molecule has 108 valence electrons. The molecule has 6 nitrogen and oxygen atoms in total. The summed E-state index contributed by atoms with van der Waals surface area (Å²) in [6.07, 6.45) is 6.11. The van der Waals surface area contributed by atoms with Gasteiger partial charge in [-0.05, 0) is 36.8 Å². The maximum atomic E-state index is 12.0. The fraction of sp³-hybridized carbons (Fsp3) is 0.500. The first-order chi connectivity index (χ1) is 9.60. The fourth-order valence-corrected chi connectivity index (χ4v) is 2.43. The summed E-state index contributed by atoms with van der Waals surface area (Å²) in [7, 11) is 0. The summed E-state index contributed by atoms with van der Waals surface area (Å²) in [5.41, 5.74) is 6.54. The van der Waals surface area contributed by atoms with Crippen LogP contribution in [0.2, 0.25) is 0 Å². The average molecular weight is 276 g/mol. The van der Waals surface area contributed by atoms with Crippen LogP contribution < -0.4 is 11.1 Å². The number of amidine groups is 1. The van der Waals surface area contributed by atoms with Crippen LogP contribution in [0.25, 0.3) is 0 Å². The van der Waals surface area contributed by atoms with Gasteiger partial charge in [-0.3, -0.25) is 9.78 Å². The van der Waals surface area contributed by atoms with Gasteiger partial charge >= 0.3 is 0 Å². The number of nitrogens with zero attached hydrogens (tertiary/aromatic N) is 2. The number of hydrogen-bond acceptors (Lipinski definition) is 4. The van der Waals surface area contributed by atoms with Crippen molar-refractivity contribution in [1.82, 2.24) is 10.3 Å². The van der Waals surface area contributed by atoms with Crippen LogP contribution in [0.4, 0.5) is 0 Å². The topological polar surface area (TPSA) is 101 Å². The fourth-order valence-electron chi connectivity index (χ4n) is 2.43. The smallest absolute Gasteiger partial charge is 0.269 e. The summed E-state index contributed by atoms with van der Waals surface area (Å²) in [5, 5.41) is 14.4. The number of carbonyl (C=O) groups excluding carboxylic acids is 1. The molecule has 0 bridgehead atoms. The zero-order chi connectivity index (χ0) is 14.6. The van der Waals surface area contributed by atoms with Crippen molar-refractivity contribution in [3.8, 4) is 0 Å². The standard InChI is InChI=1S/C14H20N4O2/c1-2-14(6-3-7-14)9-17-13(19)11-5-4-10(8-16-11)12(15)18-20/h4-5,8,20H,2-3,6-7,9H2,1H3,(H2,15,18)(H,17,19). The van der Waals surface area contributed by atoms with Crippen LogP contribution in [0.15, 0.2) is 23.5 Å². The molecule has 6 heteroatoms. The summed E-state index contributed by atoms with van der Waals surface area (Å²) >= 11 is 0. The van der Waals surface area contributed by atoms with Crippen molar-refractivity contribution in [2.24, 2.45) is 16.3 Å². The molecule has 0 atom stereocenters. The van der Waals surface area contributed by atoms with E-state index in [2.05, 4.69) is 22.4 Å². The minimum atomic E-state index is -0.184. The second kappa shape index (κ2) is 5.90. The molecule has 1 aromatic heterocycles. The molecular formula is C14H20N4O2. The largest absolute Gasteiger partial charge is 0.409 e. The maximum absolute atomic E-state index is 12.0. The van der Waals surface area contributed by atoms with Gasteiger partial charge in [-0.2, -0.15) is 0 Å². The lowest BCUT2D eigenvalue weighted by molar-refractivity contribution is 0.0845. The summed E-state index contributed by atoms with van der Waals surface area (Å²) in [4.78, 5) is 16.0. The molecule has 1 aliphatic rings. The van der Waals surface area contributed by atoms with E-state index in [1.807, 2.05) is 0 Å². The number of hydrogen-bond donors (Lipinski definition) is 3. The minimum absolute atomic E-state index is 0.0242. The molecule has 0 aliphatic heterocycles. The molecule has 1 fully saturated rings. The van der Waals surface area contributed by atoms with E-state index >= 15 is 0 Å². The van der Waals surface area contributed by atoms with E-state index in [1.54, 1.807) is 12.1 Å². The van der Waals surface area contributed by atoms with Crippen molar-refractivity contribution >= 4 is 11.7 Å². The quantitative estimate of drug-likeness (QED) is 0.328. The van der Waals surface area contributed by atoms with E-state index in [0.717, 1.165) is 6.42 Å². The molecule has 4 N–H and O–H groups in total. The van der Waals surface area contributed by atoms with Crippen LogP contribution in [0.1, 0.15) is 48.7 Å². The zero-order valence-electron chi connectivity index (χ0n) is 11.6. The van der Waals surface area contributed by atoms with E-state index in [0.29, 0.717) is 17.8 Å². The van der Waals surface area contributed by atoms with E-state index in [1.165, 1.54) is 25.5 Å². The Morgan fingerprint density at radius 1 is 1.55 bits per heavy atom. The number of nitrogens with one attached hydrogen (secondary N) is 1. The van der Waals surface area contributed by atoms with E-state index in [9.17, 15) is 4.79 Å². The van der Waals surface area contributed by atoms with Crippen molar-refractivity contribution in [1.29, 1.82) is 0 Å². The number of oxime groups is 1. The number of aromatic nitrogens is 1. The lowest BCUT2D eigenvalue weighted by Gasteiger charge is -2.41. The molecule has 0 radical (unpaired) electrons. The number of pyridine rings is 1. The molecular weight excluding hydrogens is 256 g/mol. The molecule has 2 rings (SSSR count). The van der Waals surface area contributed by atoms with Crippen LogP contribution in [0, 0.1) is 5.41 Å². The third-order valence-corrected chi connectivity index (χ3v) is 4.19. The van der Waals surface area contributed by atoms with Crippen LogP contribution in [-0.4, -0.2) is 28.5 Å². The Balaban J connectivity index is 1.96. The van der Waals surface area contributed by atoms with Crippen molar-refractivity contribution < 1.29 is 10.0 Å². The zero-order valence-corrected chi connectivity index (χ0v) is 11.6. The summed E-state index contributed by atoms with van der Waals surface area (Å²) in [5.74, 6) is -0.209. The summed E-state index contributed by atoms with van der Waals surface area (Å²) in [6.45, 7) is 2.86. The van der Waals surface area contributed by atoms with Crippen molar-refractivity contribution in [2.75, 3.05) is 6.54 Å². The van der Waals surface area contributed by atoms with E-state index in [-0.39, 0.29) is 17.2 Å². The molecule has 0 spiro atoms. The van der Waals surface area contributed by atoms with Crippen LogP contribution in [-0.2, 0) is 0 Å². The Morgan fingerprint density at radius 2 is 2.30 bits per heavy atom. The average Bonchev–Trinajstić information content (AvgIpc) is 2.45.